The van der Waals surface area contributed by atoms with E-state index in [0.29, 0.717) is 17.8 Å². The van der Waals surface area contributed by atoms with E-state index in [1.54, 1.807) is 6.07 Å². The fourth-order valence-electron chi connectivity index (χ4n) is 4.04. The van der Waals surface area contributed by atoms with Crippen molar-refractivity contribution in [1.82, 2.24) is 5.32 Å². The summed E-state index contributed by atoms with van der Waals surface area (Å²) in [6.45, 7) is 0.715. The van der Waals surface area contributed by atoms with Gasteiger partial charge in [-0.05, 0) is 46.9 Å². The van der Waals surface area contributed by atoms with E-state index in [1.165, 1.54) is 33.6 Å². The van der Waals surface area contributed by atoms with Crippen LogP contribution in [0.4, 0.5) is 4.79 Å². The molecular weight excluding hydrogens is 450 g/mol. The first-order chi connectivity index (χ1) is 16.5. The Morgan fingerprint density at radius 3 is 2.29 bits per heavy atom. The molecule has 0 atom stereocenters. The van der Waals surface area contributed by atoms with Crippen molar-refractivity contribution in [3.05, 3.63) is 87.6 Å². The molecule has 2 N–H and O–H groups in total. The molecule has 0 bridgehead atoms. The lowest BCUT2D eigenvalue weighted by molar-refractivity contribution is -0.136. The topological polar surface area (TPSA) is 92.7 Å². The Labute approximate surface area is 201 Å². The van der Waals surface area contributed by atoms with Crippen molar-refractivity contribution >= 4 is 35.3 Å². The molecule has 1 amide bonds. The average Bonchev–Trinajstić information content (AvgIpc) is 3.44. The van der Waals surface area contributed by atoms with E-state index in [1.807, 2.05) is 42.5 Å². The molecule has 7 heteroatoms. The number of aliphatic carboxylic acids is 1. The lowest BCUT2D eigenvalue weighted by Crippen LogP contribution is -2.26. The second kappa shape index (κ2) is 10.9. The molecule has 1 aliphatic rings. The highest BCUT2D eigenvalue weighted by molar-refractivity contribution is 7.14. The number of benzene rings is 2. The molecule has 1 aliphatic carbocycles. The van der Waals surface area contributed by atoms with Gasteiger partial charge in [0.15, 0.2) is 5.78 Å². The summed E-state index contributed by atoms with van der Waals surface area (Å²) in [6.07, 6.45) is 3.81. The number of alkyl carbamates (subject to hydrolysis) is 1. The molecule has 4 rings (SSSR count). The van der Waals surface area contributed by atoms with Crippen LogP contribution in [0.5, 0.6) is 0 Å². The SMILES string of the molecule is O=C(O)CCC(=O)c1ccc(C=CCCNC(=O)OCC2c3ccccc3-c3ccccc32)s1. The summed E-state index contributed by atoms with van der Waals surface area (Å²) in [5.74, 6) is -1.11. The molecule has 34 heavy (non-hydrogen) atoms. The normalized spacial score (nSPS) is 12.4. The Morgan fingerprint density at radius 2 is 1.62 bits per heavy atom. The first kappa shape index (κ1) is 23.4. The maximum absolute atomic E-state index is 12.2. The quantitative estimate of drug-likeness (QED) is 0.288. The smallest absolute Gasteiger partial charge is 0.407 e. The first-order valence-corrected chi connectivity index (χ1v) is 11.9. The zero-order valence-electron chi connectivity index (χ0n) is 18.5. The summed E-state index contributed by atoms with van der Waals surface area (Å²) in [5.41, 5.74) is 4.74. The Morgan fingerprint density at radius 1 is 0.941 bits per heavy atom. The third kappa shape index (κ3) is 5.61. The summed E-state index contributed by atoms with van der Waals surface area (Å²) in [4.78, 5) is 36.2. The molecule has 0 radical (unpaired) electrons. The third-order valence-corrected chi connectivity index (χ3v) is 6.77. The zero-order chi connectivity index (χ0) is 23.9. The number of fused-ring (bicyclic) bond motifs is 3. The molecule has 6 nitrogen and oxygen atoms in total. The van der Waals surface area contributed by atoms with Crippen molar-refractivity contribution < 1.29 is 24.2 Å². The first-order valence-electron chi connectivity index (χ1n) is 11.1. The number of ketones is 1. The summed E-state index contributed by atoms with van der Waals surface area (Å²) < 4.78 is 5.52. The monoisotopic (exact) mass is 475 g/mol. The van der Waals surface area contributed by atoms with Gasteiger partial charge in [0.05, 0.1) is 11.3 Å². The minimum absolute atomic E-state index is 0.00304. The molecular formula is C27H25NO5S. The second-order valence-electron chi connectivity index (χ2n) is 7.96. The number of carboxylic acid groups (broad SMARTS) is 1. The van der Waals surface area contributed by atoms with E-state index >= 15 is 0 Å². The number of Topliss-reactive ketones (excluding diaryl/α,β-unsaturated/α-hetero) is 1. The molecule has 1 aromatic heterocycles. The van der Waals surface area contributed by atoms with Crippen molar-refractivity contribution in [3.8, 4) is 11.1 Å². The highest BCUT2D eigenvalue weighted by atomic mass is 32.1. The minimum Gasteiger partial charge on any atom is -0.481 e. The number of hydrogen-bond acceptors (Lipinski definition) is 5. The van der Waals surface area contributed by atoms with Crippen LogP contribution in [0, 0.1) is 0 Å². The molecule has 0 aliphatic heterocycles. The molecule has 0 spiro atoms. The number of rotatable bonds is 10. The predicted molar refractivity (Wildman–Crippen MR) is 132 cm³/mol. The number of carbonyl (C=O) groups is 3. The minimum atomic E-state index is -0.978. The van der Waals surface area contributed by atoms with Gasteiger partial charge < -0.3 is 15.2 Å². The number of thiophene rings is 1. The van der Waals surface area contributed by atoms with Crippen LogP contribution in [0.2, 0.25) is 0 Å². The van der Waals surface area contributed by atoms with Crippen molar-refractivity contribution in [2.24, 2.45) is 0 Å². The fraction of sp³-hybridized carbons (Fsp3) is 0.222. The van der Waals surface area contributed by atoms with Crippen molar-refractivity contribution in [3.63, 3.8) is 0 Å². The number of amides is 1. The third-order valence-electron chi connectivity index (χ3n) is 5.67. The molecule has 3 aromatic rings. The van der Waals surface area contributed by atoms with E-state index in [-0.39, 0.29) is 31.1 Å². The van der Waals surface area contributed by atoms with Crippen LogP contribution < -0.4 is 5.32 Å². The van der Waals surface area contributed by atoms with E-state index in [9.17, 15) is 14.4 Å². The van der Waals surface area contributed by atoms with E-state index in [4.69, 9.17) is 9.84 Å². The van der Waals surface area contributed by atoms with Gasteiger partial charge >= 0.3 is 12.1 Å². The van der Waals surface area contributed by atoms with E-state index in [0.717, 1.165) is 4.88 Å². The molecule has 0 saturated carbocycles. The van der Waals surface area contributed by atoms with Gasteiger partial charge in [-0.15, -0.1) is 11.3 Å². The lowest BCUT2D eigenvalue weighted by Gasteiger charge is -2.14. The zero-order valence-corrected chi connectivity index (χ0v) is 19.3. The Hall–Kier alpha value is -3.71. The van der Waals surface area contributed by atoms with Gasteiger partial charge in [-0.25, -0.2) is 4.79 Å². The summed E-state index contributed by atoms with van der Waals surface area (Å²) >= 11 is 1.33. The number of nitrogens with one attached hydrogen (secondary N) is 1. The fourth-order valence-corrected chi connectivity index (χ4v) is 4.95. The highest BCUT2D eigenvalue weighted by Crippen LogP contribution is 2.44. The molecule has 2 aromatic carbocycles. The van der Waals surface area contributed by atoms with Crippen LogP contribution in [-0.2, 0) is 9.53 Å². The van der Waals surface area contributed by atoms with Crippen LogP contribution in [0.25, 0.3) is 17.2 Å². The number of carboxylic acids is 1. The van der Waals surface area contributed by atoms with Gasteiger partial charge in [0.2, 0.25) is 0 Å². The molecule has 0 fully saturated rings. The van der Waals surface area contributed by atoms with Crippen LogP contribution in [0.15, 0.2) is 66.7 Å². The van der Waals surface area contributed by atoms with Crippen molar-refractivity contribution in [2.75, 3.05) is 13.2 Å². The maximum atomic E-state index is 12.2. The van der Waals surface area contributed by atoms with E-state index in [2.05, 4.69) is 29.6 Å². The Bertz CT molecular complexity index is 1180. The van der Waals surface area contributed by atoms with Gasteiger partial charge in [0.25, 0.3) is 0 Å². The number of carbonyl (C=O) groups excluding carboxylic acids is 2. The molecule has 0 saturated heterocycles. The van der Waals surface area contributed by atoms with E-state index < -0.39 is 12.1 Å². The Kier molecular flexibility index (Phi) is 7.54. The van der Waals surface area contributed by atoms with Gasteiger partial charge in [-0.3, -0.25) is 9.59 Å². The maximum Gasteiger partial charge on any atom is 0.407 e. The van der Waals surface area contributed by atoms with Crippen LogP contribution >= 0.6 is 11.3 Å². The highest BCUT2D eigenvalue weighted by Gasteiger charge is 2.28. The standard InChI is InChI=1S/C27H25NO5S/c29-24(13-15-26(30)31)25-14-12-18(34-25)7-5-6-16-28-27(32)33-17-23-21-10-3-1-8-19(21)20-9-2-4-11-22(20)23/h1-5,7-12,14,23H,6,13,15-17H2,(H,28,32)(H,30,31). The lowest BCUT2D eigenvalue weighted by atomic mass is 9.98. The van der Waals surface area contributed by atoms with Crippen molar-refractivity contribution in [1.29, 1.82) is 0 Å². The van der Waals surface area contributed by atoms with Crippen LogP contribution in [0.1, 0.15) is 50.9 Å². The molecule has 174 valence electrons. The summed E-state index contributed by atoms with van der Waals surface area (Å²) in [6, 6.07) is 20.0. The van der Waals surface area contributed by atoms with Gasteiger partial charge in [0, 0.05) is 23.8 Å². The average molecular weight is 476 g/mol. The van der Waals surface area contributed by atoms with Gasteiger partial charge in [0.1, 0.15) is 6.61 Å². The summed E-state index contributed by atoms with van der Waals surface area (Å²) in [5, 5.41) is 11.5. The largest absolute Gasteiger partial charge is 0.481 e. The van der Waals surface area contributed by atoms with Gasteiger partial charge in [-0.1, -0.05) is 54.6 Å². The van der Waals surface area contributed by atoms with Gasteiger partial charge in [-0.2, -0.15) is 0 Å². The Balaban J connectivity index is 1.21. The van der Waals surface area contributed by atoms with Crippen molar-refractivity contribution in [2.45, 2.75) is 25.2 Å². The molecule has 0 unspecified atom stereocenters. The predicted octanol–water partition coefficient (Wildman–Crippen LogP) is 5.74. The summed E-state index contributed by atoms with van der Waals surface area (Å²) in [7, 11) is 0. The molecule has 1 heterocycles. The second-order valence-corrected chi connectivity index (χ2v) is 9.08. The van der Waals surface area contributed by atoms with Crippen LogP contribution in [0.3, 0.4) is 0 Å². The van der Waals surface area contributed by atoms with Crippen LogP contribution in [-0.4, -0.2) is 36.1 Å². The number of hydrogen-bond donors (Lipinski definition) is 2. The number of ether oxygens (including phenoxy) is 1.